The van der Waals surface area contributed by atoms with E-state index in [2.05, 4.69) is 47.7 Å². The molecule has 0 spiro atoms. The Labute approximate surface area is 153 Å². The first kappa shape index (κ1) is 23.9. The van der Waals surface area contributed by atoms with Crippen LogP contribution in [0.3, 0.4) is 0 Å². The maximum absolute atomic E-state index is 6.16. The van der Waals surface area contributed by atoms with Crippen LogP contribution < -0.4 is 0 Å². The first-order valence-corrected chi connectivity index (χ1v) is 12.5. The number of hydrogen-bond donors (Lipinski definition) is 0. The molecule has 2 nitrogen and oxygen atoms in total. The maximum atomic E-state index is 6.16. The Morgan fingerprint density at radius 2 is 1.50 bits per heavy atom. The van der Waals surface area contributed by atoms with Crippen molar-refractivity contribution in [1.29, 1.82) is 0 Å². The maximum Gasteiger partial charge on any atom is 0.361 e. The van der Waals surface area contributed by atoms with Crippen molar-refractivity contribution >= 4 is 8.56 Å². The number of hydrogen-bond acceptors (Lipinski definition) is 2. The molecule has 3 heteroatoms. The Balaban J connectivity index is 3.81. The fourth-order valence-electron chi connectivity index (χ4n) is 3.08. The van der Waals surface area contributed by atoms with Crippen LogP contribution in [-0.2, 0) is 8.85 Å². The van der Waals surface area contributed by atoms with Gasteiger partial charge in [0, 0.05) is 13.2 Å². The molecule has 0 fully saturated rings. The molecule has 0 bridgehead atoms. The highest BCUT2D eigenvalue weighted by atomic mass is 28.4. The molecule has 0 saturated heterocycles. The van der Waals surface area contributed by atoms with E-state index in [0.717, 1.165) is 19.6 Å². The molecule has 0 aromatic rings. The highest BCUT2D eigenvalue weighted by Gasteiger charge is 2.28. The second kappa shape index (κ2) is 13.1. The Bertz CT molecular complexity index is 311. The van der Waals surface area contributed by atoms with Crippen LogP contribution in [0.5, 0.6) is 0 Å². The Morgan fingerprint density at radius 3 is 2.00 bits per heavy atom. The molecule has 0 aliphatic rings. The van der Waals surface area contributed by atoms with Gasteiger partial charge in [0.1, 0.15) is 0 Å². The first-order chi connectivity index (χ1) is 11.2. The zero-order valence-corrected chi connectivity index (χ0v) is 18.5. The van der Waals surface area contributed by atoms with Gasteiger partial charge in [-0.1, -0.05) is 79.6 Å². The van der Waals surface area contributed by atoms with Gasteiger partial charge in [0.25, 0.3) is 0 Å². The Morgan fingerprint density at radius 1 is 0.958 bits per heavy atom. The van der Waals surface area contributed by atoms with Gasteiger partial charge in [0.15, 0.2) is 0 Å². The van der Waals surface area contributed by atoms with Gasteiger partial charge in [-0.3, -0.25) is 0 Å². The topological polar surface area (TPSA) is 18.5 Å². The molecule has 0 radical (unpaired) electrons. The van der Waals surface area contributed by atoms with Gasteiger partial charge in [-0.05, 0) is 36.4 Å². The minimum Gasteiger partial charge on any atom is -0.391 e. The van der Waals surface area contributed by atoms with Crippen molar-refractivity contribution in [2.24, 2.45) is 11.3 Å². The average molecular weight is 357 g/mol. The molecular formula is C21H44O2Si. The van der Waals surface area contributed by atoms with Crippen LogP contribution in [0.4, 0.5) is 0 Å². The van der Waals surface area contributed by atoms with Crippen molar-refractivity contribution in [3.8, 4) is 0 Å². The summed E-state index contributed by atoms with van der Waals surface area (Å²) in [7, 11) is -2.18. The zero-order valence-electron chi connectivity index (χ0n) is 17.5. The molecule has 2 unspecified atom stereocenters. The third-order valence-electron chi connectivity index (χ3n) is 4.37. The van der Waals surface area contributed by atoms with Gasteiger partial charge in [0.2, 0.25) is 0 Å². The summed E-state index contributed by atoms with van der Waals surface area (Å²) in [4.78, 5) is 0. The van der Waals surface area contributed by atoms with Crippen LogP contribution in [0, 0.1) is 11.3 Å². The summed E-state index contributed by atoms with van der Waals surface area (Å²) in [6, 6.07) is 0. The predicted octanol–water partition coefficient (Wildman–Crippen LogP) is 7.03. The highest BCUT2D eigenvalue weighted by molar-refractivity contribution is 6.71. The summed E-state index contributed by atoms with van der Waals surface area (Å²) >= 11 is 0. The smallest absolute Gasteiger partial charge is 0.361 e. The van der Waals surface area contributed by atoms with Gasteiger partial charge in [-0.2, -0.15) is 0 Å². The Kier molecular flexibility index (Phi) is 13.1. The molecule has 2 atom stereocenters. The van der Waals surface area contributed by atoms with Crippen molar-refractivity contribution in [2.45, 2.75) is 99.0 Å². The lowest BCUT2D eigenvalue weighted by molar-refractivity contribution is 0.143. The zero-order chi connectivity index (χ0) is 18.5. The highest BCUT2D eigenvalue weighted by Crippen LogP contribution is 2.25. The summed E-state index contributed by atoms with van der Waals surface area (Å²) in [5.41, 5.74) is 2.29. The van der Waals surface area contributed by atoms with E-state index in [-0.39, 0.29) is 0 Å². The van der Waals surface area contributed by atoms with E-state index < -0.39 is 8.56 Å². The first-order valence-electron chi connectivity index (χ1n) is 10.1. The predicted molar refractivity (Wildman–Crippen MR) is 110 cm³/mol. The normalized spacial score (nSPS) is 15.9. The van der Waals surface area contributed by atoms with Crippen LogP contribution >= 0.6 is 0 Å². The van der Waals surface area contributed by atoms with Crippen LogP contribution in [0.1, 0.15) is 92.4 Å². The van der Waals surface area contributed by atoms with Gasteiger partial charge < -0.3 is 8.85 Å². The van der Waals surface area contributed by atoms with Crippen LogP contribution in [0.15, 0.2) is 12.3 Å². The molecule has 0 heterocycles. The van der Waals surface area contributed by atoms with Crippen molar-refractivity contribution in [3.63, 3.8) is 0 Å². The summed E-state index contributed by atoms with van der Waals surface area (Å²) in [5.74, 6) is 0.559. The quantitative estimate of drug-likeness (QED) is 0.231. The van der Waals surface area contributed by atoms with Gasteiger partial charge >= 0.3 is 8.56 Å². The molecule has 0 saturated carbocycles. The van der Waals surface area contributed by atoms with E-state index in [1.807, 2.05) is 5.70 Å². The van der Waals surface area contributed by atoms with E-state index in [0.29, 0.717) is 11.3 Å². The van der Waals surface area contributed by atoms with Crippen molar-refractivity contribution in [3.05, 3.63) is 12.3 Å². The fraction of sp³-hybridized carbons (Fsp3) is 0.905. The summed E-state index contributed by atoms with van der Waals surface area (Å²) in [6.07, 6.45) is 11.8. The minimum atomic E-state index is -2.18. The monoisotopic (exact) mass is 356 g/mol. The molecule has 0 N–H and O–H groups in total. The van der Waals surface area contributed by atoms with Crippen LogP contribution in [0.25, 0.3) is 0 Å². The largest absolute Gasteiger partial charge is 0.391 e. The molecule has 0 amide bonds. The summed E-state index contributed by atoms with van der Waals surface area (Å²) in [6.45, 7) is 19.1. The summed E-state index contributed by atoms with van der Waals surface area (Å²) in [5, 5.41) is 0. The number of rotatable bonds is 15. The molecule has 24 heavy (non-hydrogen) atoms. The molecule has 0 aliphatic carbocycles. The third kappa shape index (κ3) is 14.2. The summed E-state index contributed by atoms with van der Waals surface area (Å²) < 4.78 is 12.3. The van der Waals surface area contributed by atoms with E-state index in [1.54, 1.807) is 0 Å². The van der Waals surface area contributed by atoms with Gasteiger partial charge in [-0.25, -0.2) is 0 Å². The molecule has 0 aliphatic heterocycles. The average Bonchev–Trinajstić information content (AvgIpc) is 2.50. The minimum absolute atomic E-state index is 0.354. The lowest BCUT2D eigenvalue weighted by atomic mass is 9.86. The molecule has 0 rings (SSSR count). The lowest BCUT2D eigenvalue weighted by Gasteiger charge is -2.28. The fourth-order valence-corrected chi connectivity index (χ4v) is 4.57. The van der Waals surface area contributed by atoms with Crippen molar-refractivity contribution < 1.29 is 8.85 Å². The van der Waals surface area contributed by atoms with E-state index in [4.69, 9.17) is 8.85 Å². The van der Waals surface area contributed by atoms with E-state index in [9.17, 15) is 0 Å². The molecule has 0 aromatic carbocycles. The van der Waals surface area contributed by atoms with Crippen LogP contribution in [0.2, 0.25) is 6.55 Å². The molecule has 0 aromatic heterocycles. The van der Waals surface area contributed by atoms with Gasteiger partial charge in [0.05, 0.1) is 0 Å². The SMILES string of the molecule is C=C[Si](C)(OCCCCCCCCCC)OCC(C)CC(C)(C)C. The van der Waals surface area contributed by atoms with E-state index >= 15 is 0 Å². The lowest BCUT2D eigenvalue weighted by Crippen LogP contribution is -2.38. The van der Waals surface area contributed by atoms with Crippen molar-refractivity contribution in [2.75, 3.05) is 13.2 Å². The third-order valence-corrected chi connectivity index (χ3v) is 6.63. The second-order valence-corrected chi connectivity index (χ2v) is 11.7. The van der Waals surface area contributed by atoms with Crippen LogP contribution in [-0.4, -0.2) is 21.8 Å². The standard InChI is InChI=1S/C21H44O2Si/c1-8-10-11-12-13-14-15-16-17-22-24(7,9-2)23-19-20(3)18-21(4,5)6/h9,20H,2,8,10-19H2,1,3-7H3. The molecular weight excluding hydrogens is 312 g/mol. The van der Waals surface area contributed by atoms with Crippen molar-refractivity contribution in [1.82, 2.24) is 0 Å². The molecule has 144 valence electrons. The van der Waals surface area contributed by atoms with E-state index in [1.165, 1.54) is 51.4 Å². The second-order valence-electron chi connectivity index (χ2n) is 8.72. The number of unbranched alkanes of at least 4 members (excludes halogenated alkanes) is 7. The van der Waals surface area contributed by atoms with Gasteiger partial charge in [-0.15, -0.1) is 6.58 Å². The Hall–Kier alpha value is -0.123.